The molecule has 3 aromatic heterocycles. The average molecular weight is 765 g/mol. The van der Waals surface area contributed by atoms with Crippen LogP contribution in [0.25, 0.3) is 21.6 Å². The number of nitrogens with one attached hydrogen (secondary N) is 1. The van der Waals surface area contributed by atoms with E-state index in [4.69, 9.17) is 41.4 Å². The Morgan fingerprint density at radius 3 is 2.76 bits per heavy atom. The maximum Gasteiger partial charge on any atom is 0.729 e. The van der Waals surface area contributed by atoms with Crippen molar-refractivity contribution in [1.29, 1.82) is 0 Å². The van der Waals surface area contributed by atoms with Gasteiger partial charge < -0.3 is 40.7 Å². The van der Waals surface area contributed by atoms with E-state index in [2.05, 4.69) is 39.6 Å². The standard InChI is InChI=1S/C24H29ClN10O13P2/c25-15-17(36)13(45-23(15)34-6-1-3-12(7-34)20(26)39)8-43-49(40)47-48-50(41,42)44-9-14-18(37)19(38)24(46-14)35-11-31-16-21(29-10-30-22(16)35)28-4-2-5-32-33-27/h1,3,6-7,10-11,13-15,17-19,23-24,36-38H,2,4-5,8-9H2,(H2-2,26,28,29,30,39,41,42)/p+2/t13-,14-,15+,17-,18-,19-,23-,24-/m1/s1. The highest BCUT2D eigenvalue weighted by Gasteiger charge is 2.50. The van der Waals surface area contributed by atoms with E-state index in [-0.39, 0.29) is 17.8 Å². The van der Waals surface area contributed by atoms with Gasteiger partial charge in [0.2, 0.25) is 0 Å². The fourth-order valence-corrected chi connectivity index (χ4v) is 6.55. The van der Waals surface area contributed by atoms with Gasteiger partial charge in [-0.15, -0.1) is 16.1 Å². The molecule has 50 heavy (non-hydrogen) atoms. The van der Waals surface area contributed by atoms with E-state index in [9.17, 15) is 34.1 Å². The Morgan fingerprint density at radius 2 is 2.00 bits per heavy atom. The predicted octanol–water partition coefficient (Wildman–Crippen LogP) is 0.249. The zero-order valence-electron chi connectivity index (χ0n) is 25.5. The summed E-state index contributed by atoms with van der Waals surface area (Å²) in [6.45, 7) is -0.669. The second kappa shape index (κ2) is 16.7. The minimum absolute atomic E-state index is 0.158. The van der Waals surface area contributed by atoms with Gasteiger partial charge >= 0.3 is 16.1 Å². The lowest BCUT2D eigenvalue weighted by Gasteiger charge is -2.16. The van der Waals surface area contributed by atoms with Crippen molar-refractivity contribution in [1.82, 2.24) is 19.5 Å². The minimum atomic E-state index is -5.10. The summed E-state index contributed by atoms with van der Waals surface area (Å²) in [4.78, 5) is 36.7. The van der Waals surface area contributed by atoms with Gasteiger partial charge in [-0.1, -0.05) is 9.79 Å². The number of fused-ring (bicyclic) bond motifs is 1. The number of nitrogens with zero attached hydrogens (tertiary/aromatic N) is 8. The lowest BCUT2D eigenvalue weighted by Crippen LogP contribution is -2.44. The molecule has 2 fully saturated rings. The molecule has 2 aliphatic heterocycles. The molecule has 2 saturated heterocycles. The molecule has 0 saturated carbocycles. The van der Waals surface area contributed by atoms with Gasteiger partial charge in [0.25, 0.3) is 12.1 Å². The zero-order chi connectivity index (χ0) is 36.0. The molecule has 1 amide bonds. The number of ether oxygens (including phenoxy) is 2. The first-order valence-corrected chi connectivity index (χ1v) is 17.6. The van der Waals surface area contributed by atoms with Crippen molar-refractivity contribution in [2.24, 2.45) is 10.8 Å². The number of alkyl halides is 1. The van der Waals surface area contributed by atoms with Crippen LogP contribution in [0.5, 0.6) is 0 Å². The average Bonchev–Trinajstić information content (AvgIpc) is 3.75. The summed E-state index contributed by atoms with van der Waals surface area (Å²) < 4.78 is 57.0. The van der Waals surface area contributed by atoms with Gasteiger partial charge in [0.05, 0.1) is 17.6 Å². The van der Waals surface area contributed by atoms with Gasteiger partial charge in [0, 0.05) is 28.6 Å². The maximum atomic E-state index is 12.4. The number of carbonyl (C=O) groups excluding carboxylic acids is 1. The summed E-state index contributed by atoms with van der Waals surface area (Å²) >= 11 is 6.28. The molecule has 7 N–H and O–H groups in total. The highest BCUT2D eigenvalue weighted by Crippen LogP contribution is 2.48. The second-order valence-corrected chi connectivity index (χ2v) is 13.4. The molecule has 2 unspecified atom stereocenters. The SMILES string of the molecule is [N-]=[N+]=NCCCNc1ncnc2c1ncn2[C@@H]1O[C@H](COP(=O)(O)OO[P+](=O)OC[C@H]2O[C@@H]([n+]3cccc(C(N)=O)c3)[C@@H](Cl)[C@@H]2O)[C@@H](O)[C@H]1O. The number of phosphoric ester groups is 1. The third-order valence-electron chi connectivity index (χ3n) is 7.39. The molecular weight excluding hydrogens is 734 g/mol. The molecule has 26 heteroatoms. The van der Waals surface area contributed by atoms with Crippen LogP contribution in [0.15, 0.2) is 42.3 Å². The fraction of sp³-hybridized carbons (Fsp3) is 0.542. The first kappa shape index (κ1) is 37.7. The summed E-state index contributed by atoms with van der Waals surface area (Å²) in [6, 6.07) is 2.99. The molecule has 23 nitrogen and oxygen atoms in total. The highest BCUT2D eigenvalue weighted by atomic mass is 35.5. The molecule has 270 valence electrons. The number of rotatable bonds is 17. The molecule has 0 bridgehead atoms. The third-order valence-corrected chi connectivity index (χ3v) is 9.28. The minimum Gasteiger partial charge on any atom is -0.388 e. The number of pyridine rings is 1. The summed E-state index contributed by atoms with van der Waals surface area (Å²) in [5.41, 5.74) is 14.4. The molecule has 5 heterocycles. The number of nitrogens with two attached hydrogens (primary N) is 1. The number of aliphatic hydroxyl groups is 3. The number of phosphoric acid groups is 1. The van der Waals surface area contributed by atoms with Crippen molar-refractivity contribution in [3.05, 3.63) is 53.2 Å². The first-order valence-electron chi connectivity index (χ1n) is 14.6. The van der Waals surface area contributed by atoms with Gasteiger partial charge in [-0.3, -0.25) is 13.9 Å². The van der Waals surface area contributed by atoms with Gasteiger partial charge in [-0.05, 0) is 18.0 Å². The van der Waals surface area contributed by atoms with Crippen LogP contribution in [0.3, 0.4) is 0 Å². The Labute approximate surface area is 286 Å². The predicted molar refractivity (Wildman–Crippen MR) is 165 cm³/mol. The molecule has 3 aromatic rings. The fourth-order valence-electron chi connectivity index (χ4n) is 4.96. The Kier molecular flexibility index (Phi) is 12.6. The van der Waals surface area contributed by atoms with Gasteiger partial charge in [-0.25, -0.2) is 19.5 Å². The summed E-state index contributed by atoms with van der Waals surface area (Å²) in [6.07, 6.45) is -3.25. The number of hydrogen-bond donors (Lipinski definition) is 6. The van der Waals surface area contributed by atoms with Crippen LogP contribution in [0.2, 0.25) is 0 Å². The lowest BCUT2D eigenvalue weighted by atomic mass is 10.1. The Morgan fingerprint density at radius 1 is 1.22 bits per heavy atom. The van der Waals surface area contributed by atoms with E-state index in [1.807, 2.05) is 0 Å². The van der Waals surface area contributed by atoms with Gasteiger partial charge in [0.15, 0.2) is 41.0 Å². The van der Waals surface area contributed by atoms with E-state index in [0.717, 1.165) is 0 Å². The van der Waals surface area contributed by atoms with E-state index >= 15 is 0 Å². The number of imidazole rings is 1. The molecule has 0 aliphatic carbocycles. The van der Waals surface area contributed by atoms with Crippen LogP contribution >= 0.6 is 27.7 Å². The quantitative estimate of drug-likeness (QED) is 0.0123. The number of aromatic nitrogens is 5. The number of aliphatic hydroxyl groups excluding tert-OH is 3. The molecule has 0 radical (unpaired) electrons. The topological polar surface area (TPSA) is 322 Å². The van der Waals surface area contributed by atoms with Gasteiger partial charge in [-0.2, -0.15) is 4.57 Å². The van der Waals surface area contributed by atoms with Crippen molar-refractivity contribution >= 4 is 50.6 Å². The van der Waals surface area contributed by atoms with Crippen molar-refractivity contribution in [2.45, 2.75) is 54.8 Å². The van der Waals surface area contributed by atoms with Crippen molar-refractivity contribution < 1.29 is 66.6 Å². The monoisotopic (exact) mass is 764 g/mol. The molecule has 2 aliphatic rings. The summed E-state index contributed by atoms with van der Waals surface area (Å²) in [7, 11) is -8.32. The smallest absolute Gasteiger partial charge is 0.388 e. The van der Waals surface area contributed by atoms with Crippen molar-refractivity contribution in [2.75, 3.05) is 31.6 Å². The molecule has 5 rings (SSSR count). The van der Waals surface area contributed by atoms with Crippen LogP contribution in [0.1, 0.15) is 29.2 Å². The van der Waals surface area contributed by atoms with E-state index in [1.165, 1.54) is 46.3 Å². The number of carbonyl (C=O) groups is 1. The Bertz CT molecular complexity index is 1790. The van der Waals surface area contributed by atoms with E-state index < -0.39 is 83.6 Å². The van der Waals surface area contributed by atoms with E-state index in [0.29, 0.717) is 24.3 Å². The summed E-state index contributed by atoms with van der Waals surface area (Å²) in [5, 5.41) is 37.2. The molecule has 10 atom stereocenters. The number of amides is 1. The molecule has 0 spiro atoms. The van der Waals surface area contributed by atoms with Crippen LogP contribution in [0, 0.1) is 0 Å². The van der Waals surface area contributed by atoms with Crippen LogP contribution in [-0.2, 0) is 37.0 Å². The largest absolute Gasteiger partial charge is 0.729 e. The third kappa shape index (κ3) is 8.86. The van der Waals surface area contributed by atoms with Crippen molar-refractivity contribution in [3.8, 4) is 0 Å². The van der Waals surface area contributed by atoms with Crippen LogP contribution in [-0.4, -0.2) is 108 Å². The zero-order valence-corrected chi connectivity index (χ0v) is 28.1. The normalized spacial score (nSPS) is 27.9. The van der Waals surface area contributed by atoms with Crippen LogP contribution in [0.4, 0.5) is 5.82 Å². The number of anilines is 1. The maximum absolute atomic E-state index is 12.4. The number of halogens is 1. The summed E-state index contributed by atoms with van der Waals surface area (Å²) in [5.74, 6) is -0.342. The van der Waals surface area contributed by atoms with Crippen molar-refractivity contribution in [3.63, 3.8) is 0 Å². The first-order chi connectivity index (χ1) is 23.9. The number of azide groups is 1. The molecule has 0 aromatic carbocycles. The Hall–Kier alpha value is -3.50. The van der Waals surface area contributed by atoms with Crippen LogP contribution < -0.4 is 15.6 Å². The molecular formula is C24H31ClN10O13P2+2. The van der Waals surface area contributed by atoms with E-state index in [1.54, 1.807) is 0 Å². The number of hydrogen-bond acceptors (Lipinski definition) is 17. The Balaban J connectivity index is 1.09. The second-order valence-electron chi connectivity index (χ2n) is 10.7. The lowest BCUT2D eigenvalue weighted by molar-refractivity contribution is -0.758. The number of primary amides is 1. The van der Waals surface area contributed by atoms with Gasteiger partial charge in [0.1, 0.15) is 49.0 Å². The highest BCUT2D eigenvalue weighted by molar-refractivity contribution is 7.47.